The lowest BCUT2D eigenvalue weighted by Gasteiger charge is -2.33. The Morgan fingerprint density at radius 2 is 2.14 bits per heavy atom. The van der Waals surface area contributed by atoms with E-state index in [2.05, 4.69) is 30.5 Å². The topological polar surface area (TPSA) is 20.3 Å². The second kappa shape index (κ2) is 4.97. The van der Waals surface area contributed by atoms with Crippen molar-refractivity contribution in [3.05, 3.63) is 57.1 Å². The van der Waals surface area contributed by atoms with Crippen LogP contribution in [0.4, 0.5) is 0 Å². The highest BCUT2D eigenvalue weighted by Gasteiger charge is 2.29. The summed E-state index contributed by atoms with van der Waals surface area (Å²) < 4.78 is 1.18. The average molecular weight is 313 g/mol. The smallest absolute Gasteiger partial charge is 0.264 e. The van der Waals surface area contributed by atoms with Crippen LogP contribution in [-0.4, -0.2) is 17.4 Å². The van der Waals surface area contributed by atoms with Gasteiger partial charge < -0.3 is 4.90 Å². The summed E-state index contributed by atoms with van der Waals surface area (Å²) in [6.07, 6.45) is 0.980. The van der Waals surface area contributed by atoms with E-state index in [0.29, 0.717) is 0 Å². The van der Waals surface area contributed by atoms with Crippen molar-refractivity contribution in [2.45, 2.75) is 19.4 Å². The maximum atomic E-state index is 12.9. The van der Waals surface area contributed by atoms with E-state index in [-0.39, 0.29) is 11.9 Å². The molecule has 0 aliphatic carbocycles. The van der Waals surface area contributed by atoms with Gasteiger partial charge in [0.15, 0.2) is 0 Å². The van der Waals surface area contributed by atoms with Crippen LogP contribution in [0, 0.1) is 0 Å². The number of benzene rings is 1. The van der Waals surface area contributed by atoms with Gasteiger partial charge >= 0.3 is 0 Å². The van der Waals surface area contributed by atoms with E-state index in [1.54, 1.807) is 11.3 Å². The minimum absolute atomic E-state index is 0.167. The quantitative estimate of drug-likeness (QED) is 0.636. The number of fused-ring (bicyclic) bond motifs is 2. The normalized spacial score (nSPS) is 18.0. The Labute approximate surface area is 131 Å². The molecule has 0 bridgehead atoms. The highest BCUT2D eigenvalue weighted by Crippen LogP contribution is 2.35. The van der Waals surface area contributed by atoms with E-state index in [1.165, 1.54) is 15.1 Å². The third-order valence-electron chi connectivity index (χ3n) is 4.17. The molecule has 4 rings (SSSR count). The Hall–Kier alpha value is -1.65. The minimum atomic E-state index is 0.167. The third-order valence-corrected chi connectivity index (χ3v) is 6.28. The van der Waals surface area contributed by atoms with Crippen LogP contribution in [0.5, 0.6) is 0 Å². The first kappa shape index (κ1) is 13.0. The summed E-state index contributed by atoms with van der Waals surface area (Å²) in [5, 5.41) is 3.29. The molecule has 0 spiro atoms. The summed E-state index contributed by atoms with van der Waals surface area (Å²) in [6, 6.07) is 12.6. The van der Waals surface area contributed by atoms with Gasteiger partial charge in [0.2, 0.25) is 0 Å². The lowest BCUT2D eigenvalue weighted by atomic mass is 10.0. The van der Waals surface area contributed by atoms with Crippen molar-refractivity contribution < 1.29 is 4.79 Å². The van der Waals surface area contributed by atoms with E-state index in [4.69, 9.17) is 0 Å². The molecule has 1 aliphatic rings. The number of carbonyl (C=O) groups excluding carboxylic acids is 1. The molecule has 2 nitrogen and oxygen atoms in total. The Balaban J connectivity index is 1.69. The fourth-order valence-electron chi connectivity index (χ4n) is 3.02. The third kappa shape index (κ3) is 2.10. The molecule has 1 aliphatic heterocycles. The fraction of sp³-hybridized carbons (Fsp3) is 0.235. The van der Waals surface area contributed by atoms with Crippen LogP contribution in [0.25, 0.3) is 10.1 Å². The standard InChI is InChI=1S/C17H15NOS2/c1-11-13-7-9-20-15(13)6-8-18(11)17(19)16-10-12-4-2-3-5-14(12)21-16/h2-5,7,9-11H,6,8H2,1H3/t11-/m0/s1. The minimum Gasteiger partial charge on any atom is -0.331 e. The summed E-state index contributed by atoms with van der Waals surface area (Å²) in [6.45, 7) is 2.96. The summed E-state index contributed by atoms with van der Waals surface area (Å²) >= 11 is 3.40. The van der Waals surface area contributed by atoms with Crippen LogP contribution in [0.3, 0.4) is 0 Å². The van der Waals surface area contributed by atoms with Gasteiger partial charge in [-0.3, -0.25) is 4.79 Å². The second-order valence-corrected chi connectivity index (χ2v) is 7.46. The molecule has 1 amide bonds. The van der Waals surface area contributed by atoms with E-state index >= 15 is 0 Å². The molecule has 4 heteroatoms. The van der Waals surface area contributed by atoms with Crippen molar-refractivity contribution in [1.82, 2.24) is 4.90 Å². The summed E-state index contributed by atoms with van der Waals surface area (Å²) in [7, 11) is 0. The van der Waals surface area contributed by atoms with Gasteiger partial charge in [0.05, 0.1) is 10.9 Å². The number of thiophene rings is 2. The zero-order chi connectivity index (χ0) is 14.4. The van der Waals surface area contributed by atoms with Gasteiger partial charge in [0, 0.05) is 16.1 Å². The van der Waals surface area contributed by atoms with Crippen LogP contribution in [-0.2, 0) is 6.42 Å². The van der Waals surface area contributed by atoms with E-state index in [1.807, 2.05) is 34.4 Å². The molecular weight excluding hydrogens is 298 g/mol. The first-order chi connectivity index (χ1) is 10.2. The number of hydrogen-bond acceptors (Lipinski definition) is 3. The molecule has 106 valence electrons. The van der Waals surface area contributed by atoms with E-state index < -0.39 is 0 Å². The van der Waals surface area contributed by atoms with Crippen molar-refractivity contribution in [2.24, 2.45) is 0 Å². The largest absolute Gasteiger partial charge is 0.331 e. The highest BCUT2D eigenvalue weighted by molar-refractivity contribution is 7.20. The lowest BCUT2D eigenvalue weighted by Crippen LogP contribution is -2.37. The molecule has 2 aromatic heterocycles. The maximum absolute atomic E-state index is 12.9. The van der Waals surface area contributed by atoms with Crippen molar-refractivity contribution >= 4 is 38.7 Å². The molecule has 3 aromatic rings. The SMILES string of the molecule is C[C@H]1c2ccsc2CCN1C(=O)c1cc2ccccc2s1. The van der Waals surface area contributed by atoms with E-state index in [9.17, 15) is 4.79 Å². The number of amides is 1. The molecule has 0 N–H and O–H groups in total. The van der Waals surface area contributed by atoms with Gasteiger partial charge in [0.25, 0.3) is 5.91 Å². The highest BCUT2D eigenvalue weighted by atomic mass is 32.1. The Morgan fingerprint density at radius 1 is 1.29 bits per heavy atom. The van der Waals surface area contributed by atoms with Crippen molar-refractivity contribution in [3.8, 4) is 0 Å². The first-order valence-electron chi connectivity index (χ1n) is 7.10. The van der Waals surface area contributed by atoms with Gasteiger partial charge in [-0.05, 0) is 47.9 Å². The number of nitrogens with zero attached hydrogens (tertiary/aromatic N) is 1. The molecule has 0 radical (unpaired) electrons. The van der Waals surface area contributed by atoms with Crippen LogP contribution in [0.15, 0.2) is 41.8 Å². The molecule has 0 unspecified atom stereocenters. The lowest BCUT2D eigenvalue weighted by molar-refractivity contribution is 0.0684. The molecule has 3 heterocycles. The summed E-state index contributed by atoms with van der Waals surface area (Å²) in [5.74, 6) is 0.167. The number of carbonyl (C=O) groups is 1. The van der Waals surface area contributed by atoms with Gasteiger partial charge in [-0.2, -0.15) is 0 Å². The van der Waals surface area contributed by atoms with Gasteiger partial charge in [-0.25, -0.2) is 0 Å². The van der Waals surface area contributed by atoms with Crippen molar-refractivity contribution in [1.29, 1.82) is 0 Å². The zero-order valence-corrected chi connectivity index (χ0v) is 13.3. The summed E-state index contributed by atoms with van der Waals surface area (Å²) in [5.41, 5.74) is 1.32. The van der Waals surface area contributed by atoms with E-state index in [0.717, 1.165) is 23.2 Å². The second-order valence-electron chi connectivity index (χ2n) is 5.37. The van der Waals surface area contributed by atoms with Crippen molar-refractivity contribution in [2.75, 3.05) is 6.54 Å². The van der Waals surface area contributed by atoms with Crippen LogP contribution in [0.1, 0.15) is 33.1 Å². The molecule has 0 fully saturated rings. The Kier molecular flexibility index (Phi) is 3.08. The molecule has 21 heavy (non-hydrogen) atoms. The first-order valence-corrected chi connectivity index (χ1v) is 8.79. The Bertz CT molecular complexity index is 784. The maximum Gasteiger partial charge on any atom is 0.264 e. The molecular formula is C17H15NOS2. The molecule has 1 aromatic carbocycles. The predicted octanol–water partition coefficient (Wildman–Crippen LogP) is 4.72. The fourth-order valence-corrected chi connectivity index (χ4v) is 5.00. The van der Waals surface area contributed by atoms with Gasteiger partial charge in [-0.15, -0.1) is 22.7 Å². The monoisotopic (exact) mass is 313 g/mol. The molecule has 0 saturated carbocycles. The zero-order valence-electron chi connectivity index (χ0n) is 11.7. The Morgan fingerprint density at radius 3 is 3.00 bits per heavy atom. The van der Waals surface area contributed by atoms with Crippen LogP contribution in [0.2, 0.25) is 0 Å². The predicted molar refractivity (Wildman–Crippen MR) is 89.3 cm³/mol. The molecule has 1 atom stereocenters. The average Bonchev–Trinajstić information content (AvgIpc) is 3.13. The van der Waals surface area contributed by atoms with Crippen molar-refractivity contribution in [3.63, 3.8) is 0 Å². The van der Waals surface area contributed by atoms with Gasteiger partial charge in [-0.1, -0.05) is 18.2 Å². The van der Waals surface area contributed by atoms with Gasteiger partial charge in [0.1, 0.15) is 0 Å². The number of hydrogen-bond donors (Lipinski definition) is 0. The van der Waals surface area contributed by atoms with Crippen LogP contribution < -0.4 is 0 Å². The number of rotatable bonds is 1. The molecule has 0 saturated heterocycles. The summed E-state index contributed by atoms with van der Waals surface area (Å²) in [4.78, 5) is 17.1. The van der Waals surface area contributed by atoms with Crippen LogP contribution >= 0.6 is 22.7 Å².